The lowest BCUT2D eigenvalue weighted by atomic mass is 9.98. The topological polar surface area (TPSA) is 86.3 Å². The zero-order chi connectivity index (χ0) is 22.3. The van der Waals surface area contributed by atoms with Gasteiger partial charge in [-0.25, -0.2) is 4.39 Å². The minimum absolute atomic E-state index is 0.00985. The lowest BCUT2D eigenvalue weighted by Crippen LogP contribution is -2.44. The van der Waals surface area contributed by atoms with Gasteiger partial charge >= 0.3 is 0 Å². The fraction of sp³-hybridized carbons (Fsp3) is 0.333. The van der Waals surface area contributed by atoms with E-state index in [1.807, 2.05) is 30.3 Å². The number of anilines is 1. The molecule has 0 N–H and O–H groups in total. The molecule has 0 spiro atoms. The highest BCUT2D eigenvalue weighted by Gasteiger charge is 2.28. The third kappa shape index (κ3) is 5.18. The number of carbonyl (C=O) groups is 1. The standard InChI is InChI=1S/C24H24FN5O2/c25-20-9-4-7-18(15-20)23-27-24(32-28-23)19-8-5-13-29(16-19)17-22(31)30(14-6-12-26)21-10-2-1-3-11-21/h1-4,7,9-11,15,19H,5-6,8,13-14,16-17H2. The van der Waals surface area contributed by atoms with E-state index in [0.29, 0.717) is 30.4 Å². The number of nitriles is 1. The van der Waals surface area contributed by atoms with Crippen molar-refractivity contribution in [3.8, 4) is 17.5 Å². The molecule has 7 nitrogen and oxygen atoms in total. The largest absolute Gasteiger partial charge is 0.339 e. The summed E-state index contributed by atoms with van der Waals surface area (Å²) in [5.74, 6) is 0.481. The molecule has 2 aromatic carbocycles. The van der Waals surface area contributed by atoms with E-state index < -0.39 is 0 Å². The molecule has 1 amide bonds. The Kier molecular flexibility index (Phi) is 6.87. The summed E-state index contributed by atoms with van der Waals surface area (Å²) in [5.41, 5.74) is 1.36. The summed E-state index contributed by atoms with van der Waals surface area (Å²) in [4.78, 5) is 21.3. The number of nitrogens with zero attached hydrogens (tertiary/aromatic N) is 5. The van der Waals surface area contributed by atoms with Gasteiger partial charge in [-0.2, -0.15) is 10.2 Å². The summed E-state index contributed by atoms with van der Waals surface area (Å²) >= 11 is 0. The number of carbonyl (C=O) groups excluding carboxylic acids is 1. The van der Waals surface area contributed by atoms with E-state index in [2.05, 4.69) is 21.1 Å². The summed E-state index contributed by atoms with van der Waals surface area (Å²) < 4.78 is 19.0. The van der Waals surface area contributed by atoms with Crippen molar-refractivity contribution in [3.05, 3.63) is 66.3 Å². The Bertz CT molecular complexity index is 1100. The van der Waals surface area contributed by atoms with Crippen molar-refractivity contribution < 1.29 is 13.7 Å². The second-order valence-corrected chi connectivity index (χ2v) is 7.83. The van der Waals surface area contributed by atoms with Crippen LogP contribution in [-0.2, 0) is 4.79 Å². The number of hydrogen-bond donors (Lipinski definition) is 0. The first-order chi connectivity index (χ1) is 15.6. The van der Waals surface area contributed by atoms with E-state index in [9.17, 15) is 9.18 Å². The number of rotatable bonds is 7. The molecule has 0 aliphatic carbocycles. The van der Waals surface area contributed by atoms with Crippen LogP contribution in [0.15, 0.2) is 59.1 Å². The van der Waals surface area contributed by atoms with E-state index in [1.165, 1.54) is 12.1 Å². The van der Waals surface area contributed by atoms with Crippen LogP contribution < -0.4 is 4.90 Å². The first-order valence-corrected chi connectivity index (χ1v) is 10.7. The summed E-state index contributed by atoms with van der Waals surface area (Å²) in [5, 5.41) is 13.0. The van der Waals surface area contributed by atoms with E-state index in [4.69, 9.17) is 9.78 Å². The predicted molar refractivity (Wildman–Crippen MR) is 117 cm³/mol. The van der Waals surface area contributed by atoms with Gasteiger partial charge in [-0.1, -0.05) is 35.5 Å². The molecule has 1 aliphatic rings. The number of halogens is 1. The number of hydrogen-bond acceptors (Lipinski definition) is 6. The molecule has 4 rings (SSSR count). The van der Waals surface area contributed by atoms with Crippen molar-refractivity contribution in [2.45, 2.75) is 25.2 Å². The molecule has 1 unspecified atom stereocenters. The molecule has 3 aromatic rings. The van der Waals surface area contributed by atoms with Gasteiger partial charge in [0.15, 0.2) is 0 Å². The normalized spacial score (nSPS) is 16.4. The maximum Gasteiger partial charge on any atom is 0.241 e. The minimum atomic E-state index is -0.351. The Morgan fingerprint density at radius 2 is 2.09 bits per heavy atom. The molecule has 1 saturated heterocycles. The smallest absolute Gasteiger partial charge is 0.241 e. The molecule has 1 aromatic heterocycles. The Hall–Kier alpha value is -3.57. The molecule has 0 saturated carbocycles. The summed E-state index contributed by atoms with van der Waals surface area (Å²) in [7, 11) is 0. The van der Waals surface area contributed by atoms with Crippen LogP contribution in [0, 0.1) is 17.1 Å². The highest BCUT2D eigenvalue weighted by molar-refractivity contribution is 5.94. The van der Waals surface area contributed by atoms with E-state index >= 15 is 0 Å². The minimum Gasteiger partial charge on any atom is -0.339 e. The highest BCUT2D eigenvalue weighted by atomic mass is 19.1. The fourth-order valence-corrected chi connectivity index (χ4v) is 3.99. The average Bonchev–Trinajstić information content (AvgIpc) is 3.31. The zero-order valence-electron chi connectivity index (χ0n) is 17.7. The van der Waals surface area contributed by atoms with Gasteiger partial charge in [0.05, 0.1) is 25.0 Å². The van der Waals surface area contributed by atoms with Gasteiger partial charge in [-0.05, 0) is 43.7 Å². The molecule has 0 bridgehead atoms. The molecule has 2 heterocycles. The van der Waals surface area contributed by atoms with Crippen molar-refractivity contribution in [2.75, 3.05) is 31.1 Å². The van der Waals surface area contributed by atoms with Gasteiger partial charge in [0, 0.05) is 24.3 Å². The van der Waals surface area contributed by atoms with Crippen LogP contribution in [0.25, 0.3) is 11.4 Å². The molecule has 32 heavy (non-hydrogen) atoms. The second-order valence-electron chi connectivity index (χ2n) is 7.83. The number of aromatic nitrogens is 2. The van der Waals surface area contributed by atoms with E-state index in [1.54, 1.807) is 17.0 Å². The third-order valence-corrected chi connectivity index (χ3v) is 5.55. The van der Waals surface area contributed by atoms with E-state index in [-0.39, 0.29) is 30.6 Å². The van der Waals surface area contributed by atoms with Crippen LogP contribution >= 0.6 is 0 Å². The number of benzene rings is 2. The molecule has 1 fully saturated rings. The Morgan fingerprint density at radius 1 is 1.25 bits per heavy atom. The van der Waals surface area contributed by atoms with Gasteiger partial charge < -0.3 is 9.42 Å². The number of piperidine rings is 1. The molecule has 1 aliphatic heterocycles. The van der Waals surface area contributed by atoms with Gasteiger partial charge in [0.25, 0.3) is 0 Å². The van der Waals surface area contributed by atoms with Crippen LogP contribution in [0.5, 0.6) is 0 Å². The fourth-order valence-electron chi connectivity index (χ4n) is 3.99. The van der Waals surface area contributed by atoms with Crippen molar-refractivity contribution >= 4 is 11.6 Å². The number of amides is 1. The van der Waals surface area contributed by atoms with Gasteiger partial charge in [0.2, 0.25) is 17.6 Å². The Labute approximate surface area is 186 Å². The van der Waals surface area contributed by atoms with Crippen molar-refractivity contribution in [1.29, 1.82) is 5.26 Å². The molecule has 8 heteroatoms. The Morgan fingerprint density at radius 3 is 2.88 bits per heavy atom. The third-order valence-electron chi connectivity index (χ3n) is 5.55. The number of para-hydroxylation sites is 1. The lowest BCUT2D eigenvalue weighted by Gasteiger charge is -2.32. The van der Waals surface area contributed by atoms with Crippen molar-refractivity contribution in [2.24, 2.45) is 0 Å². The monoisotopic (exact) mass is 433 g/mol. The highest BCUT2D eigenvalue weighted by Crippen LogP contribution is 2.28. The van der Waals surface area contributed by atoms with E-state index in [0.717, 1.165) is 25.1 Å². The van der Waals surface area contributed by atoms with Crippen molar-refractivity contribution in [3.63, 3.8) is 0 Å². The van der Waals surface area contributed by atoms with Crippen molar-refractivity contribution in [1.82, 2.24) is 15.0 Å². The van der Waals surface area contributed by atoms with Crippen LogP contribution in [0.2, 0.25) is 0 Å². The molecular weight excluding hydrogens is 409 g/mol. The average molecular weight is 433 g/mol. The first-order valence-electron chi connectivity index (χ1n) is 10.7. The molecular formula is C24H24FN5O2. The molecule has 0 radical (unpaired) electrons. The first kappa shape index (κ1) is 21.7. The molecule has 164 valence electrons. The van der Waals surface area contributed by atoms with Gasteiger partial charge in [-0.15, -0.1) is 0 Å². The summed E-state index contributed by atoms with van der Waals surface area (Å²) in [6, 6.07) is 17.6. The maximum absolute atomic E-state index is 13.5. The SMILES string of the molecule is N#CCCN(C(=O)CN1CCCC(c2nc(-c3cccc(F)c3)no2)C1)c1ccccc1. The zero-order valence-corrected chi connectivity index (χ0v) is 17.7. The summed E-state index contributed by atoms with van der Waals surface area (Å²) in [6.45, 7) is 2.03. The van der Waals surface area contributed by atoms with Crippen LogP contribution in [0.4, 0.5) is 10.1 Å². The van der Waals surface area contributed by atoms with Crippen LogP contribution in [-0.4, -0.2) is 47.1 Å². The number of likely N-dealkylation sites (tertiary alicyclic amines) is 1. The van der Waals surface area contributed by atoms with Gasteiger partial charge in [0.1, 0.15) is 5.82 Å². The second kappa shape index (κ2) is 10.2. The summed E-state index contributed by atoms with van der Waals surface area (Å²) in [6.07, 6.45) is 2.06. The quantitative estimate of drug-likeness (QED) is 0.560. The molecule has 1 atom stereocenters. The van der Waals surface area contributed by atoms with Gasteiger partial charge in [-0.3, -0.25) is 9.69 Å². The lowest BCUT2D eigenvalue weighted by molar-refractivity contribution is -0.120. The predicted octanol–water partition coefficient (Wildman–Crippen LogP) is 4.00. The van der Waals surface area contributed by atoms with Crippen LogP contribution in [0.3, 0.4) is 0 Å². The van der Waals surface area contributed by atoms with Crippen LogP contribution in [0.1, 0.15) is 31.1 Å². The maximum atomic E-state index is 13.5. The Balaban J connectivity index is 1.42.